The van der Waals surface area contributed by atoms with Crippen molar-refractivity contribution in [2.24, 2.45) is 0 Å². The van der Waals surface area contributed by atoms with Gasteiger partial charge in [0, 0.05) is 11.6 Å². The van der Waals surface area contributed by atoms with Crippen LogP contribution in [0.2, 0.25) is 0 Å². The van der Waals surface area contributed by atoms with Crippen LogP contribution in [0.4, 0.5) is 10.1 Å². The first-order chi connectivity index (χ1) is 9.04. The lowest BCUT2D eigenvalue weighted by atomic mass is 10.0. The second-order valence-electron chi connectivity index (χ2n) is 4.43. The third-order valence-corrected chi connectivity index (χ3v) is 3.73. The van der Waals surface area contributed by atoms with Crippen LogP contribution >= 0.6 is 22.1 Å². The average Bonchev–Trinajstić information content (AvgIpc) is 2.63. The van der Waals surface area contributed by atoms with Gasteiger partial charge in [0.25, 0.3) is 0 Å². The summed E-state index contributed by atoms with van der Waals surface area (Å²) < 4.78 is 15.1. The number of nitrogens with two attached hydrogens (primary N) is 1. The number of benzene rings is 2. The predicted molar refractivity (Wildman–Crippen MR) is 85.5 cm³/mol. The van der Waals surface area contributed by atoms with Crippen molar-refractivity contribution >= 4 is 43.9 Å². The normalized spacial score (nSPS) is 11.1. The molecule has 0 spiro atoms. The maximum absolute atomic E-state index is 13.5. The average molecular weight is 290 g/mol. The summed E-state index contributed by atoms with van der Waals surface area (Å²) in [4.78, 5) is 0. The molecule has 0 saturated carbocycles. The summed E-state index contributed by atoms with van der Waals surface area (Å²) in [5.74, 6) is -0.248. The van der Waals surface area contributed by atoms with Crippen LogP contribution in [0.3, 0.4) is 0 Å². The maximum Gasteiger partial charge on any atom is 0.124 e. The Kier molecular flexibility index (Phi) is 3.00. The van der Waals surface area contributed by atoms with Crippen LogP contribution in [-0.2, 0) is 0 Å². The summed E-state index contributed by atoms with van der Waals surface area (Å²) >= 11 is 4.30. The van der Waals surface area contributed by atoms with E-state index in [0.29, 0.717) is 5.69 Å². The smallest absolute Gasteiger partial charge is 0.124 e. The van der Waals surface area contributed by atoms with Gasteiger partial charge < -0.3 is 5.73 Å². The number of hydrogen-bond acceptors (Lipinski definition) is 2. The highest BCUT2D eigenvalue weighted by Gasteiger charge is 2.07. The molecule has 0 aliphatic carbocycles. The van der Waals surface area contributed by atoms with Gasteiger partial charge in [-0.15, -0.1) is 9.24 Å². The van der Waals surface area contributed by atoms with E-state index < -0.39 is 0 Å². The molecular weight excluding hydrogens is 278 g/mol. The van der Waals surface area contributed by atoms with Gasteiger partial charge in [-0.1, -0.05) is 18.9 Å². The standard InChI is InChI=1S/C14H12FN2PS/c15-10-3-9(4-11(18)6-10)8-1-2-14-12(5-8)13(16)7-17(14)19/h1-7,19H,16,18H2. The number of hydrogen-bond donors (Lipinski definition) is 2. The quantitative estimate of drug-likeness (QED) is 0.523. The van der Waals surface area contributed by atoms with Gasteiger partial charge in [0.15, 0.2) is 0 Å². The van der Waals surface area contributed by atoms with Crippen LogP contribution in [0.5, 0.6) is 0 Å². The van der Waals surface area contributed by atoms with Gasteiger partial charge in [-0.05, 0) is 46.8 Å². The Morgan fingerprint density at radius 2 is 1.89 bits per heavy atom. The third kappa shape index (κ3) is 2.22. The molecule has 0 aliphatic rings. The summed E-state index contributed by atoms with van der Waals surface area (Å²) in [6.45, 7) is 0. The molecule has 19 heavy (non-hydrogen) atoms. The molecule has 1 atom stereocenters. The number of nitrogen functional groups attached to an aromatic ring is 1. The fourth-order valence-electron chi connectivity index (χ4n) is 2.20. The van der Waals surface area contributed by atoms with Crippen LogP contribution < -0.4 is 11.0 Å². The van der Waals surface area contributed by atoms with Crippen molar-refractivity contribution in [2.45, 2.75) is 0 Å². The Labute approximate surface area is 118 Å². The van der Waals surface area contributed by atoms with Crippen molar-refractivity contribution in [1.82, 2.24) is 3.97 Å². The highest BCUT2D eigenvalue weighted by atomic mass is 32.1. The Balaban J connectivity index is 2.22. The number of fused-ring (bicyclic) bond motifs is 1. The largest absolute Gasteiger partial charge is 0.397 e. The molecule has 0 fully saturated rings. The van der Waals surface area contributed by atoms with E-state index in [4.69, 9.17) is 5.73 Å². The van der Waals surface area contributed by atoms with Gasteiger partial charge in [0.1, 0.15) is 5.82 Å². The summed E-state index contributed by atoms with van der Waals surface area (Å²) in [5.41, 5.74) is 9.30. The number of rotatable bonds is 1. The molecule has 1 aromatic heterocycles. The lowest BCUT2D eigenvalue weighted by Crippen LogP contribution is -1.93. The first kappa shape index (κ1) is 12.5. The van der Waals surface area contributed by atoms with Crippen LogP contribution in [0, 0.1) is 5.82 Å². The molecule has 2 N–H and O–H groups in total. The summed E-state index contributed by atoms with van der Waals surface area (Å²) in [6.07, 6.45) is 1.75. The van der Waals surface area contributed by atoms with E-state index in [9.17, 15) is 4.39 Å². The minimum absolute atomic E-state index is 0.248. The highest BCUT2D eigenvalue weighted by Crippen LogP contribution is 2.29. The molecule has 1 unspecified atom stereocenters. The second kappa shape index (κ2) is 4.55. The molecule has 3 rings (SSSR count). The van der Waals surface area contributed by atoms with Crippen LogP contribution in [0.15, 0.2) is 42.6 Å². The maximum atomic E-state index is 13.5. The molecule has 3 aromatic rings. The van der Waals surface area contributed by atoms with E-state index in [-0.39, 0.29) is 5.82 Å². The number of thiol groups is 1. The minimum Gasteiger partial charge on any atom is -0.397 e. The zero-order valence-corrected chi connectivity index (χ0v) is 12.0. The predicted octanol–water partition coefficient (Wildman–Crippen LogP) is 3.22. The Bertz CT molecular complexity index is 762. The lowest BCUT2D eigenvalue weighted by Gasteiger charge is -2.05. The number of aromatic nitrogens is 1. The van der Waals surface area contributed by atoms with Crippen LogP contribution in [0.25, 0.3) is 22.0 Å². The summed E-state index contributed by atoms with van der Waals surface area (Å²) in [5, 5.41) is 1.73. The molecular formula is C14H12FN2PS. The van der Waals surface area contributed by atoms with E-state index in [1.807, 2.05) is 24.3 Å². The summed E-state index contributed by atoms with van der Waals surface area (Å²) in [7, 11) is 2.51. The lowest BCUT2D eigenvalue weighted by molar-refractivity contribution is 0.629. The fourth-order valence-corrected chi connectivity index (χ4v) is 2.83. The molecule has 0 radical (unpaired) electrons. The molecule has 2 aromatic carbocycles. The Hall–Kier alpha value is -1.51. The molecule has 0 bridgehead atoms. The molecule has 2 nitrogen and oxygen atoms in total. The Morgan fingerprint density at radius 1 is 1.11 bits per heavy atom. The Morgan fingerprint density at radius 3 is 2.63 bits per heavy atom. The first-order valence-corrected chi connectivity index (χ1v) is 6.68. The third-order valence-electron chi connectivity index (χ3n) is 3.07. The van der Waals surface area contributed by atoms with E-state index in [1.54, 1.807) is 10.2 Å². The van der Waals surface area contributed by atoms with Crippen LogP contribution in [0.1, 0.15) is 0 Å². The van der Waals surface area contributed by atoms with E-state index >= 15 is 0 Å². The van der Waals surface area contributed by atoms with E-state index in [1.165, 1.54) is 12.1 Å². The van der Waals surface area contributed by atoms with Gasteiger partial charge >= 0.3 is 0 Å². The molecule has 0 amide bonds. The number of nitrogens with zero attached hydrogens (tertiary/aromatic N) is 1. The fraction of sp³-hybridized carbons (Fsp3) is 0. The molecule has 5 heteroatoms. The molecule has 96 valence electrons. The molecule has 1 heterocycles. The number of halogens is 1. The van der Waals surface area contributed by atoms with Crippen molar-refractivity contribution in [3.05, 3.63) is 48.4 Å². The van der Waals surface area contributed by atoms with Crippen molar-refractivity contribution < 1.29 is 4.39 Å². The van der Waals surface area contributed by atoms with Crippen molar-refractivity contribution in [3.63, 3.8) is 0 Å². The van der Waals surface area contributed by atoms with E-state index in [0.717, 1.165) is 27.3 Å². The van der Waals surface area contributed by atoms with Crippen molar-refractivity contribution in [1.29, 1.82) is 0 Å². The monoisotopic (exact) mass is 290 g/mol. The summed E-state index contributed by atoms with van der Waals surface area (Å²) in [6, 6.07) is 10.7. The number of anilines is 1. The first-order valence-electron chi connectivity index (χ1n) is 5.71. The van der Waals surface area contributed by atoms with E-state index in [2.05, 4.69) is 22.1 Å². The minimum atomic E-state index is -0.248. The van der Waals surface area contributed by atoms with Gasteiger partial charge in [0.2, 0.25) is 0 Å². The second-order valence-corrected chi connectivity index (χ2v) is 5.53. The molecule has 0 aliphatic heterocycles. The van der Waals surface area contributed by atoms with Gasteiger partial charge in [0.05, 0.1) is 11.2 Å². The van der Waals surface area contributed by atoms with Crippen molar-refractivity contribution in [3.8, 4) is 11.1 Å². The van der Waals surface area contributed by atoms with Crippen molar-refractivity contribution in [2.75, 3.05) is 5.73 Å². The molecule has 0 saturated heterocycles. The van der Waals surface area contributed by atoms with Crippen LogP contribution in [-0.4, -0.2) is 3.97 Å². The highest BCUT2D eigenvalue weighted by molar-refractivity contribution is 7.78. The van der Waals surface area contributed by atoms with Gasteiger partial charge in [-0.25, -0.2) is 4.39 Å². The zero-order chi connectivity index (χ0) is 13.6. The SMILES string of the molecule is Nc1cn(S)c2ccc(-c3cc(F)cc(P)c3)cc12. The topological polar surface area (TPSA) is 30.9 Å². The zero-order valence-electron chi connectivity index (χ0n) is 9.97. The van der Waals surface area contributed by atoms with Gasteiger partial charge in [-0.2, -0.15) is 0 Å². The van der Waals surface area contributed by atoms with Gasteiger partial charge in [-0.3, -0.25) is 3.97 Å².